The molecule has 4 heteroatoms. The van der Waals surface area contributed by atoms with Crippen LogP contribution in [0.15, 0.2) is 72.4 Å². The summed E-state index contributed by atoms with van der Waals surface area (Å²) in [5.74, 6) is -0.0627. The molecule has 0 radical (unpaired) electrons. The molecule has 0 saturated carbocycles. The number of allylic oxidation sites excluding steroid dienone is 1. The van der Waals surface area contributed by atoms with Crippen molar-refractivity contribution in [2.45, 2.75) is 19.4 Å². The number of amides is 1. The first-order chi connectivity index (χ1) is 11.1. The van der Waals surface area contributed by atoms with Crippen molar-refractivity contribution in [3.05, 3.63) is 72.4 Å². The van der Waals surface area contributed by atoms with Crippen LogP contribution in [0.3, 0.4) is 0 Å². The Bertz CT molecular complexity index is 738. The molecule has 0 spiro atoms. The van der Waals surface area contributed by atoms with Gasteiger partial charge in [-0.3, -0.25) is 9.59 Å². The van der Waals surface area contributed by atoms with Gasteiger partial charge in [-0.05, 0) is 30.3 Å². The number of nitrogens with one attached hydrogen (secondary N) is 1. The van der Waals surface area contributed by atoms with Crippen molar-refractivity contribution >= 4 is 23.1 Å². The molecule has 23 heavy (non-hydrogen) atoms. The quantitative estimate of drug-likeness (QED) is 0.942. The Balaban J connectivity index is 1.85. The van der Waals surface area contributed by atoms with Crippen LogP contribution in [0.1, 0.15) is 13.3 Å². The summed E-state index contributed by atoms with van der Waals surface area (Å²) in [6.07, 6.45) is 2.13. The van der Waals surface area contributed by atoms with E-state index in [-0.39, 0.29) is 17.7 Å². The van der Waals surface area contributed by atoms with Crippen LogP contribution in [0.5, 0.6) is 0 Å². The van der Waals surface area contributed by atoms with Crippen molar-refractivity contribution in [2.24, 2.45) is 0 Å². The second-order valence-corrected chi connectivity index (χ2v) is 5.49. The van der Waals surface area contributed by atoms with Gasteiger partial charge < -0.3 is 10.2 Å². The van der Waals surface area contributed by atoms with Crippen LogP contribution in [0.25, 0.3) is 0 Å². The Kier molecular flexibility index (Phi) is 4.24. The Morgan fingerprint density at radius 1 is 1.04 bits per heavy atom. The molecule has 0 aliphatic heterocycles. The van der Waals surface area contributed by atoms with Gasteiger partial charge in [0.15, 0.2) is 5.78 Å². The van der Waals surface area contributed by atoms with Gasteiger partial charge >= 0.3 is 0 Å². The number of hydrogen-bond acceptors (Lipinski definition) is 3. The summed E-state index contributed by atoms with van der Waals surface area (Å²) < 4.78 is 0. The fourth-order valence-electron chi connectivity index (χ4n) is 2.79. The topological polar surface area (TPSA) is 49.4 Å². The maximum Gasteiger partial charge on any atom is 0.224 e. The van der Waals surface area contributed by atoms with Gasteiger partial charge in [0.05, 0.1) is 11.7 Å². The highest BCUT2D eigenvalue weighted by Gasteiger charge is 2.31. The van der Waals surface area contributed by atoms with Gasteiger partial charge in [-0.25, -0.2) is 0 Å². The number of benzene rings is 2. The van der Waals surface area contributed by atoms with E-state index in [0.717, 1.165) is 11.4 Å². The zero-order chi connectivity index (χ0) is 16.2. The molecule has 3 rings (SSSR count). The normalized spacial score (nSPS) is 16.8. The molecule has 1 aliphatic rings. The van der Waals surface area contributed by atoms with Gasteiger partial charge in [0.25, 0.3) is 0 Å². The van der Waals surface area contributed by atoms with E-state index >= 15 is 0 Å². The molecule has 1 N–H and O–H groups in total. The van der Waals surface area contributed by atoms with Crippen molar-refractivity contribution < 1.29 is 9.59 Å². The number of hydrogen-bond donors (Lipinski definition) is 1. The van der Waals surface area contributed by atoms with E-state index in [0.29, 0.717) is 12.1 Å². The van der Waals surface area contributed by atoms with Crippen LogP contribution < -0.4 is 10.2 Å². The molecule has 0 aromatic heterocycles. The van der Waals surface area contributed by atoms with E-state index in [1.807, 2.05) is 66.7 Å². The van der Waals surface area contributed by atoms with Gasteiger partial charge in [0, 0.05) is 24.7 Å². The minimum Gasteiger partial charge on any atom is -0.353 e. The lowest BCUT2D eigenvalue weighted by atomic mass is 10.2. The summed E-state index contributed by atoms with van der Waals surface area (Å²) in [5.41, 5.74) is 2.21. The third-order valence-corrected chi connectivity index (χ3v) is 3.81. The zero-order valence-electron chi connectivity index (χ0n) is 12.9. The summed E-state index contributed by atoms with van der Waals surface area (Å²) in [5, 5.41) is 3.14. The maximum absolute atomic E-state index is 12.3. The number of carbonyl (C=O) groups is 2. The lowest BCUT2D eigenvalue weighted by molar-refractivity contribution is -0.117. The minimum absolute atomic E-state index is 0.0148. The van der Waals surface area contributed by atoms with Crippen molar-refractivity contribution in [1.29, 1.82) is 0 Å². The third-order valence-electron chi connectivity index (χ3n) is 3.81. The Labute approximate surface area is 135 Å². The SMILES string of the molecule is CC(=O)N(c1ccccc1)[C@H]1C=C(Nc2ccccc2)C(=O)C1. The molecule has 1 atom stereocenters. The Hall–Kier alpha value is -2.88. The molecule has 1 aliphatic carbocycles. The van der Waals surface area contributed by atoms with Crippen LogP contribution in [0.4, 0.5) is 11.4 Å². The molecule has 0 bridgehead atoms. The predicted octanol–water partition coefficient (Wildman–Crippen LogP) is 3.38. The van der Waals surface area contributed by atoms with Crippen molar-refractivity contribution in [1.82, 2.24) is 0 Å². The van der Waals surface area contributed by atoms with Gasteiger partial charge in [-0.1, -0.05) is 36.4 Å². The van der Waals surface area contributed by atoms with Crippen molar-refractivity contribution in [3.8, 4) is 0 Å². The summed E-state index contributed by atoms with van der Waals surface area (Å²) in [6, 6.07) is 18.7. The highest BCUT2D eigenvalue weighted by molar-refractivity contribution is 6.03. The average Bonchev–Trinajstić information content (AvgIpc) is 2.89. The molecule has 0 heterocycles. The first-order valence-electron chi connectivity index (χ1n) is 7.57. The van der Waals surface area contributed by atoms with E-state index in [1.165, 1.54) is 6.92 Å². The lowest BCUT2D eigenvalue weighted by Crippen LogP contribution is -2.37. The molecular formula is C19H18N2O2. The number of anilines is 2. The predicted molar refractivity (Wildman–Crippen MR) is 91.2 cm³/mol. The van der Waals surface area contributed by atoms with Gasteiger partial charge in [0.2, 0.25) is 5.91 Å². The number of Topliss-reactive ketones (excluding diaryl/α,β-unsaturated/α-hetero) is 1. The first kappa shape index (κ1) is 15.0. The van der Waals surface area contributed by atoms with Crippen molar-refractivity contribution in [2.75, 3.05) is 10.2 Å². The highest BCUT2D eigenvalue weighted by Crippen LogP contribution is 2.26. The summed E-state index contributed by atoms with van der Waals surface area (Å²) in [6.45, 7) is 1.52. The van der Waals surface area contributed by atoms with E-state index in [4.69, 9.17) is 0 Å². The molecule has 1 amide bonds. The summed E-state index contributed by atoms with van der Waals surface area (Å²) >= 11 is 0. The minimum atomic E-state index is -0.256. The molecular weight excluding hydrogens is 288 g/mol. The van der Waals surface area contributed by atoms with Crippen LogP contribution >= 0.6 is 0 Å². The van der Waals surface area contributed by atoms with Crippen LogP contribution in [-0.4, -0.2) is 17.7 Å². The second kappa shape index (κ2) is 6.48. The average molecular weight is 306 g/mol. The van der Waals surface area contributed by atoms with E-state index < -0.39 is 0 Å². The van der Waals surface area contributed by atoms with Crippen LogP contribution in [-0.2, 0) is 9.59 Å². The van der Waals surface area contributed by atoms with Crippen LogP contribution in [0.2, 0.25) is 0 Å². The zero-order valence-corrected chi connectivity index (χ0v) is 12.9. The van der Waals surface area contributed by atoms with Gasteiger partial charge in [0.1, 0.15) is 0 Å². The van der Waals surface area contributed by atoms with E-state index in [1.54, 1.807) is 4.90 Å². The molecule has 4 nitrogen and oxygen atoms in total. The fraction of sp³-hybridized carbons (Fsp3) is 0.158. The smallest absolute Gasteiger partial charge is 0.224 e. The maximum atomic E-state index is 12.3. The fourth-order valence-corrected chi connectivity index (χ4v) is 2.79. The van der Waals surface area contributed by atoms with Crippen molar-refractivity contribution in [3.63, 3.8) is 0 Å². The molecule has 116 valence electrons. The molecule has 2 aromatic carbocycles. The standard InChI is InChI=1S/C19H18N2O2/c1-14(22)21(16-10-6-3-7-11-16)17-12-18(19(23)13-17)20-15-8-4-2-5-9-15/h2-12,17,20H,13H2,1H3/t17-/m0/s1. The van der Waals surface area contributed by atoms with Gasteiger partial charge in [-0.2, -0.15) is 0 Å². The lowest BCUT2D eigenvalue weighted by Gasteiger charge is -2.26. The van der Waals surface area contributed by atoms with E-state index in [9.17, 15) is 9.59 Å². The Morgan fingerprint density at radius 2 is 1.65 bits per heavy atom. The molecule has 2 aromatic rings. The monoisotopic (exact) mass is 306 g/mol. The largest absolute Gasteiger partial charge is 0.353 e. The molecule has 0 unspecified atom stereocenters. The van der Waals surface area contributed by atoms with Gasteiger partial charge in [-0.15, -0.1) is 0 Å². The van der Waals surface area contributed by atoms with Crippen LogP contribution in [0, 0.1) is 0 Å². The molecule has 0 saturated heterocycles. The summed E-state index contributed by atoms with van der Waals surface area (Å²) in [4.78, 5) is 26.0. The Morgan fingerprint density at radius 3 is 2.26 bits per heavy atom. The van der Waals surface area contributed by atoms with E-state index in [2.05, 4.69) is 5.32 Å². The number of rotatable bonds is 4. The third kappa shape index (κ3) is 3.31. The number of ketones is 1. The highest BCUT2D eigenvalue weighted by atomic mass is 16.2. The molecule has 0 fully saturated rings. The number of nitrogens with zero attached hydrogens (tertiary/aromatic N) is 1. The first-order valence-corrected chi connectivity index (χ1v) is 7.57. The second-order valence-electron chi connectivity index (χ2n) is 5.49. The number of para-hydroxylation sites is 2. The number of carbonyl (C=O) groups excluding carboxylic acids is 2. The summed E-state index contributed by atoms with van der Waals surface area (Å²) in [7, 11) is 0.